The van der Waals surface area contributed by atoms with Crippen LogP contribution >= 0.6 is 0 Å². The highest BCUT2D eigenvalue weighted by Crippen LogP contribution is 2.23. The molecule has 2 rings (SSSR count). The maximum atomic E-state index is 9.27. The van der Waals surface area contributed by atoms with E-state index in [-0.39, 0.29) is 5.41 Å². The van der Waals surface area contributed by atoms with E-state index in [4.69, 9.17) is 0 Å². The third-order valence-electron chi connectivity index (χ3n) is 3.76. The van der Waals surface area contributed by atoms with Gasteiger partial charge in [-0.2, -0.15) is 5.26 Å². The summed E-state index contributed by atoms with van der Waals surface area (Å²) in [5, 5.41) is 9.27. The molecule has 0 bridgehead atoms. The van der Waals surface area contributed by atoms with Crippen LogP contribution in [0.15, 0.2) is 30.3 Å². The molecule has 0 saturated carbocycles. The summed E-state index contributed by atoms with van der Waals surface area (Å²) in [4.78, 5) is 0. The molecule has 1 aromatic heterocycles. The third kappa shape index (κ3) is 2.77. The predicted molar refractivity (Wildman–Crippen MR) is 82.9 cm³/mol. The molecular weight excluding hydrogens is 244 g/mol. The second kappa shape index (κ2) is 5.17. The number of nitriles is 1. The molecule has 2 heteroatoms. The summed E-state index contributed by atoms with van der Waals surface area (Å²) in [6, 6.07) is 13.1. The molecule has 0 N–H and O–H groups in total. The van der Waals surface area contributed by atoms with E-state index in [9.17, 15) is 5.26 Å². The topological polar surface area (TPSA) is 28.7 Å². The Hall–Kier alpha value is -2.01. The largest absolute Gasteiger partial charge is 0.332 e. The first-order valence-corrected chi connectivity index (χ1v) is 6.99. The van der Waals surface area contributed by atoms with Crippen molar-refractivity contribution in [3.05, 3.63) is 58.4 Å². The number of hydrogen-bond acceptors (Lipinski definition) is 1. The molecule has 0 amide bonds. The number of benzene rings is 1. The zero-order valence-electron chi connectivity index (χ0n) is 13.0. The number of rotatable bonds is 2. The standard InChI is InChI=1S/C18H22N2/c1-13-10-14(2)20(17(13)11-19)12-15-6-8-16(9-7-15)18(3,4)5/h6-10H,12H2,1-5H3. The summed E-state index contributed by atoms with van der Waals surface area (Å²) < 4.78 is 2.08. The molecule has 0 aliphatic heterocycles. The Balaban J connectivity index is 2.30. The third-order valence-corrected chi connectivity index (χ3v) is 3.76. The lowest BCUT2D eigenvalue weighted by Gasteiger charge is -2.19. The van der Waals surface area contributed by atoms with Crippen LogP contribution in [0.5, 0.6) is 0 Å². The van der Waals surface area contributed by atoms with Crippen LogP contribution in [0.2, 0.25) is 0 Å². The van der Waals surface area contributed by atoms with E-state index in [1.807, 2.05) is 6.92 Å². The van der Waals surface area contributed by atoms with Crippen molar-refractivity contribution in [1.82, 2.24) is 4.57 Å². The summed E-state index contributed by atoms with van der Waals surface area (Å²) in [7, 11) is 0. The van der Waals surface area contributed by atoms with E-state index in [1.165, 1.54) is 11.1 Å². The van der Waals surface area contributed by atoms with Crippen LogP contribution in [0.1, 0.15) is 48.8 Å². The van der Waals surface area contributed by atoms with Crippen molar-refractivity contribution in [3.63, 3.8) is 0 Å². The van der Waals surface area contributed by atoms with Crippen LogP contribution in [-0.4, -0.2) is 4.57 Å². The monoisotopic (exact) mass is 266 g/mol. The molecule has 0 atom stereocenters. The van der Waals surface area contributed by atoms with Crippen molar-refractivity contribution >= 4 is 0 Å². The summed E-state index contributed by atoms with van der Waals surface area (Å²) in [6.45, 7) is 11.5. The van der Waals surface area contributed by atoms with Crippen molar-refractivity contribution in [2.75, 3.05) is 0 Å². The van der Waals surface area contributed by atoms with E-state index >= 15 is 0 Å². The van der Waals surface area contributed by atoms with Crippen LogP contribution in [0.3, 0.4) is 0 Å². The molecule has 2 aromatic rings. The molecule has 0 saturated heterocycles. The van der Waals surface area contributed by atoms with E-state index < -0.39 is 0 Å². The predicted octanol–water partition coefficient (Wildman–Crippen LogP) is 4.32. The highest BCUT2D eigenvalue weighted by Gasteiger charge is 2.14. The normalized spacial score (nSPS) is 11.4. The van der Waals surface area contributed by atoms with Crippen LogP contribution in [-0.2, 0) is 12.0 Å². The molecule has 0 fully saturated rings. The first kappa shape index (κ1) is 14.4. The minimum Gasteiger partial charge on any atom is -0.332 e. The minimum absolute atomic E-state index is 0.177. The Morgan fingerprint density at radius 2 is 1.70 bits per heavy atom. The molecular formula is C18H22N2. The molecule has 20 heavy (non-hydrogen) atoms. The Bertz CT molecular complexity index is 646. The van der Waals surface area contributed by atoms with Gasteiger partial charge >= 0.3 is 0 Å². The lowest BCUT2D eigenvalue weighted by Crippen LogP contribution is -2.11. The lowest BCUT2D eigenvalue weighted by atomic mass is 9.87. The number of aromatic nitrogens is 1. The number of hydrogen-bond donors (Lipinski definition) is 0. The van der Waals surface area contributed by atoms with Gasteiger partial charge in [-0.05, 0) is 42.0 Å². The van der Waals surface area contributed by atoms with Gasteiger partial charge in [0.25, 0.3) is 0 Å². The first-order valence-electron chi connectivity index (χ1n) is 6.99. The van der Waals surface area contributed by atoms with Gasteiger partial charge in [-0.3, -0.25) is 0 Å². The maximum absolute atomic E-state index is 9.27. The van der Waals surface area contributed by atoms with Crippen molar-refractivity contribution in [1.29, 1.82) is 5.26 Å². The van der Waals surface area contributed by atoms with Gasteiger partial charge in [0, 0.05) is 12.2 Å². The molecule has 2 nitrogen and oxygen atoms in total. The van der Waals surface area contributed by atoms with Crippen LogP contribution in [0.4, 0.5) is 0 Å². The highest BCUT2D eigenvalue weighted by molar-refractivity contribution is 5.37. The Morgan fingerprint density at radius 1 is 1.10 bits per heavy atom. The average molecular weight is 266 g/mol. The van der Waals surface area contributed by atoms with Crippen molar-refractivity contribution in [2.45, 2.75) is 46.6 Å². The maximum Gasteiger partial charge on any atom is 0.123 e. The average Bonchev–Trinajstić information content (AvgIpc) is 2.63. The highest BCUT2D eigenvalue weighted by atomic mass is 15.0. The van der Waals surface area contributed by atoms with Crippen molar-refractivity contribution in [2.24, 2.45) is 0 Å². The van der Waals surface area contributed by atoms with Gasteiger partial charge in [0.2, 0.25) is 0 Å². The second-order valence-electron chi connectivity index (χ2n) is 6.46. The fraction of sp³-hybridized carbons (Fsp3) is 0.389. The fourth-order valence-corrected chi connectivity index (χ4v) is 2.49. The van der Waals surface area contributed by atoms with E-state index in [0.29, 0.717) is 0 Å². The van der Waals surface area contributed by atoms with Gasteiger partial charge < -0.3 is 4.57 Å². The van der Waals surface area contributed by atoms with Gasteiger partial charge in [-0.1, -0.05) is 45.0 Å². The second-order valence-corrected chi connectivity index (χ2v) is 6.46. The molecule has 1 heterocycles. The van der Waals surface area contributed by atoms with E-state index in [2.05, 4.69) is 68.7 Å². The van der Waals surface area contributed by atoms with Crippen LogP contribution < -0.4 is 0 Å². The number of aryl methyl sites for hydroxylation is 2. The Kier molecular flexibility index (Phi) is 3.72. The molecule has 0 radical (unpaired) electrons. The number of nitrogens with zero attached hydrogens (tertiary/aromatic N) is 2. The van der Waals surface area contributed by atoms with Crippen LogP contribution in [0, 0.1) is 25.2 Å². The SMILES string of the molecule is Cc1cc(C)n(Cc2ccc(C(C)(C)C)cc2)c1C#N. The fourth-order valence-electron chi connectivity index (χ4n) is 2.49. The van der Waals surface area contributed by atoms with Gasteiger partial charge in [-0.15, -0.1) is 0 Å². The Morgan fingerprint density at radius 3 is 2.20 bits per heavy atom. The Labute approximate surface area is 121 Å². The minimum atomic E-state index is 0.177. The molecule has 0 unspecified atom stereocenters. The van der Waals surface area contributed by atoms with Crippen molar-refractivity contribution in [3.8, 4) is 6.07 Å². The van der Waals surface area contributed by atoms with Crippen LogP contribution in [0.25, 0.3) is 0 Å². The first-order chi connectivity index (χ1) is 9.32. The molecule has 0 spiro atoms. The van der Waals surface area contributed by atoms with Crippen molar-refractivity contribution < 1.29 is 0 Å². The molecule has 0 aliphatic rings. The van der Waals surface area contributed by atoms with Gasteiger partial charge in [0.15, 0.2) is 0 Å². The summed E-state index contributed by atoms with van der Waals surface area (Å²) in [5.41, 5.74) is 5.70. The van der Waals surface area contributed by atoms with Gasteiger partial charge in [0.05, 0.1) is 0 Å². The molecule has 0 aliphatic carbocycles. The molecule has 1 aromatic carbocycles. The van der Waals surface area contributed by atoms with E-state index in [1.54, 1.807) is 0 Å². The summed E-state index contributed by atoms with van der Waals surface area (Å²) in [6.07, 6.45) is 0. The zero-order chi connectivity index (χ0) is 14.9. The zero-order valence-corrected chi connectivity index (χ0v) is 13.0. The molecule has 104 valence electrons. The summed E-state index contributed by atoms with van der Waals surface area (Å²) >= 11 is 0. The smallest absolute Gasteiger partial charge is 0.123 e. The quantitative estimate of drug-likeness (QED) is 0.795. The van der Waals surface area contributed by atoms with Gasteiger partial charge in [0.1, 0.15) is 11.8 Å². The summed E-state index contributed by atoms with van der Waals surface area (Å²) in [5.74, 6) is 0. The van der Waals surface area contributed by atoms with E-state index in [0.717, 1.165) is 23.5 Å². The lowest BCUT2D eigenvalue weighted by molar-refractivity contribution is 0.589. The van der Waals surface area contributed by atoms with Gasteiger partial charge in [-0.25, -0.2) is 0 Å².